The first-order valence-corrected chi connectivity index (χ1v) is 11.2. The van der Waals surface area contributed by atoms with Crippen molar-refractivity contribution in [3.8, 4) is 0 Å². The highest BCUT2D eigenvalue weighted by Crippen LogP contribution is 2.40. The number of hydrogen-bond acceptors (Lipinski definition) is 4. The molecule has 0 aliphatic heterocycles. The second-order valence-corrected chi connectivity index (χ2v) is 8.94. The first-order chi connectivity index (χ1) is 14.4. The van der Waals surface area contributed by atoms with Gasteiger partial charge in [-0.05, 0) is 43.2 Å². The first-order valence-electron chi connectivity index (χ1n) is 10.4. The van der Waals surface area contributed by atoms with Gasteiger partial charge in [-0.3, -0.25) is 14.4 Å². The van der Waals surface area contributed by atoms with Crippen LogP contribution < -0.4 is 10.6 Å². The van der Waals surface area contributed by atoms with E-state index in [2.05, 4.69) is 17.6 Å². The van der Waals surface area contributed by atoms with E-state index in [1.807, 2.05) is 31.2 Å². The van der Waals surface area contributed by atoms with Crippen LogP contribution in [0, 0.1) is 12.8 Å². The summed E-state index contributed by atoms with van der Waals surface area (Å²) in [7, 11) is 0. The Morgan fingerprint density at radius 2 is 1.90 bits per heavy atom. The van der Waals surface area contributed by atoms with Crippen molar-refractivity contribution in [2.75, 3.05) is 5.32 Å². The second kappa shape index (κ2) is 9.89. The third kappa shape index (κ3) is 5.48. The van der Waals surface area contributed by atoms with E-state index >= 15 is 0 Å². The van der Waals surface area contributed by atoms with Crippen molar-refractivity contribution in [3.05, 3.63) is 51.4 Å². The molecule has 1 heterocycles. The van der Waals surface area contributed by atoms with E-state index in [1.54, 1.807) is 0 Å². The maximum Gasteiger partial charge on any atom is 0.303 e. The normalized spacial score (nSPS) is 15.3. The van der Waals surface area contributed by atoms with Crippen molar-refractivity contribution in [2.24, 2.45) is 5.92 Å². The van der Waals surface area contributed by atoms with Gasteiger partial charge in [-0.15, -0.1) is 11.3 Å². The van der Waals surface area contributed by atoms with Gasteiger partial charge < -0.3 is 15.7 Å². The van der Waals surface area contributed by atoms with Gasteiger partial charge >= 0.3 is 5.97 Å². The van der Waals surface area contributed by atoms with Gasteiger partial charge in [0.2, 0.25) is 5.91 Å². The van der Waals surface area contributed by atoms with Crippen molar-refractivity contribution in [3.63, 3.8) is 0 Å². The van der Waals surface area contributed by atoms with Crippen LogP contribution in [0.25, 0.3) is 0 Å². The number of amides is 2. The molecule has 0 bridgehead atoms. The predicted molar refractivity (Wildman–Crippen MR) is 118 cm³/mol. The van der Waals surface area contributed by atoms with E-state index in [0.717, 1.165) is 47.3 Å². The van der Waals surface area contributed by atoms with Crippen LogP contribution in [0.2, 0.25) is 0 Å². The Balaban J connectivity index is 1.80. The number of aryl methyl sites for hydroxylation is 1. The summed E-state index contributed by atoms with van der Waals surface area (Å²) < 4.78 is 0. The van der Waals surface area contributed by atoms with Crippen LogP contribution in [-0.2, 0) is 29.0 Å². The molecule has 2 aromatic rings. The molecule has 1 aliphatic rings. The molecule has 1 aliphatic carbocycles. The number of carboxylic acids is 1. The quantitative estimate of drug-likeness (QED) is 0.584. The van der Waals surface area contributed by atoms with Crippen LogP contribution in [0.15, 0.2) is 24.3 Å². The number of nitrogens with one attached hydrogen (secondary N) is 2. The average molecular weight is 429 g/mol. The number of carbonyl (C=O) groups excluding carboxylic acids is 2. The fourth-order valence-electron chi connectivity index (χ4n) is 3.72. The molecule has 3 rings (SSSR count). The van der Waals surface area contributed by atoms with Crippen LogP contribution in [0.3, 0.4) is 0 Å². The van der Waals surface area contributed by atoms with E-state index < -0.39 is 5.97 Å². The zero-order valence-electron chi connectivity index (χ0n) is 17.4. The molecule has 0 saturated carbocycles. The Hall–Kier alpha value is -2.67. The van der Waals surface area contributed by atoms with Crippen LogP contribution in [0.4, 0.5) is 5.00 Å². The minimum atomic E-state index is -1.02. The van der Waals surface area contributed by atoms with Crippen LogP contribution in [0.5, 0.6) is 0 Å². The maximum absolute atomic E-state index is 13.1. The lowest BCUT2D eigenvalue weighted by Gasteiger charge is -2.21. The number of fused-ring (bicyclic) bond motifs is 1. The molecule has 1 aromatic heterocycles. The summed E-state index contributed by atoms with van der Waals surface area (Å²) in [5.41, 5.74) is 3.74. The SMILES string of the molecule is CCC1CCc2c(sc(NC(=O)CCC(=O)O)c2C(=O)NCc2ccc(C)cc2)C1. The molecule has 2 amide bonds. The average Bonchev–Trinajstić information content (AvgIpc) is 3.08. The first kappa shape index (κ1) is 22.0. The number of rotatable bonds is 8. The molecule has 30 heavy (non-hydrogen) atoms. The number of aliphatic carboxylic acids is 1. The molecule has 0 radical (unpaired) electrons. The maximum atomic E-state index is 13.1. The van der Waals surface area contributed by atoms with Crippen LogP contribution in [0.1, 0.15) is 64.5 Å². The minimum absolute atomic E-state index is 0.111. The number of carbonyl (C=O) groups is 3. The molecule has 160 valence electrons. The molecule has 0 spiro atoms. The van der Waals surface area contributed by atoms with E-state index in [1.165, 1.54) is 11.3 Å². The number of anilines is 1. The largest absolute Gasteiger partial charge is 0.481 e. The topological polar surface area (TPSA) is 95.5 Å². The summed E-state index contributed by atoms with van der Waals surface area (Å²) >= 11 is 1.46. The Labute approximate surface area is 180 Å². The smallest absolute Gasteiger partial charge is 0.303 e. The molecule has 6 nitrogen and oxygen atoms in total. The zero-order chi connectivity index (χ0) is 21.7. The summed E-state index contributed by atoms with van der Waals surface area (Å²) in [6, 6.07) is 7.98. The monoisotopic (exact) mass is 428 g/mol. The van der Waals surface area contributed by atoms with Gasteiger partial charge in [0.15, 0.2) is 0 Å². The van der Waals surface area contributed by atoms with Crippen molar-refractivity contribution in [1.29, 1.82) is 0 Å². The Bertz CT molecular complexity index is 933. The van der Waals surface area contributed by atoms with Crippen molar-refractivity contribution in [1.82, 2.24) is 5.32 Å². The summed E-state index contributed by atoms with van der Waals surface area (Å²) in [4.78, 5) is 37.2. The second-order valence-electron chi connectivity index (χ2n) is 7.84. The van der Waals surface area contributed by atoms with Gasteiger partial charge in [0, 0.05) is 17.8 Å². The van der Waals surface area contributed by atoms with Crippen molar-refractivity contribution in [2.45, 2.75) is 58.9 Å². The van der Waals surface area contributed by atoms with E-state index in [4.69, 9.17) is 5.11 Å². The zero-order valence-corrected chi connectivity index (χ0v) is 18.2. The highest BCUT2D eigenvalue weighted by molar-refractivity contribution is 7.17. The molecule has 1 aromatic carbocycles. The summed E-state index contributed by atoms with van der Waals surface area (Å²) in [5.74, 6) is -1.00. The van der Waals surface area contributed by atoms with Gasteiger partial charge in [-0.1, -0.05) is 43.2 Å². The van der Waals surface area contributed by atoms with E-state index in [-0.39, 0.29) is 24.7 Å². The number of benzene rings is 1. The lowest BCUT2D eigenvalue weighted by Crippen LogP contribution is -2.26. The lowest BCUT2D eigenvalue weighted by molar-refractivity contribution is -0.138. The standard InChI is InChI=1S/C23H28N2O4S/c1-3-15-8-9-17-18(12-15)30-23(25-19(26)10-11-20(27)28)21(17)22(29)24-13-16-6-4-14(2)5-7-16/h4-7,15H,3,8-13H2,1-2H3,(H,24,29)(H,25,26)(H,27,28). The Morgan fingerprint density at radius 3 is 2.57 bits per heavy atom. The number of carboxylic acid groups (broad SMARTS) is 1. The molecular formula is C23H28N2O4S. The van der Waals surface area contributed by atoms with E-state index in [9.17, 15) is 14.4 Å². The van der Waals surface area contributed by atoms with Crippen LogP contribution in [-0.4, -0.2) is 22.9 Å². The molecular weight excluding hydrogens is 400 g/mol. The van der Waals surface area contributed by atoms with Crippen LogP contribution >= 0.6 is 11.3 Å². The summed E-state index contributed by atoms with van der Waals surface area (Å²) in [6.07, 6.45) is 3.52. The van der Waals surface area contributed by atoms with Crippen molar-refractivity contribution < 1.29 is 19.5 Å². The molecule has 1 unspecified atom stereocenters. The molecule has 3 N–H and O–H groups in total. The van der Waals surface area contributed by atoms with Gasteiger partial charge in [0.25, 0.3) is 5.91 Å². The van der Waals surface area contributed by atoms with Gasteiger partial charge in [0.1, 0.15) is 5.00 Å². The van der Waals surface area contributed by atoms with Crippen molar-refractivity contribution >= 4 is 34.1 Å². The lowest BCUT2D eigenvalue weighted by atomic mass is 9.85. The highest BCUT2D eigenvalue weighted by atomic mass is 32.1. The van der Waals surface area contributed by atoms with Gasteiger partial charge in [-0.2, -0.15) is 0 Å². The van der Waals surface area contributed by atoms with E-state index in [0.29, 0.717) is 23.0 Å². The third-order valence-corrected chi connectivity index (χ3v) is 6.73. The Morgan fingerprint density at radius 1 is 1.17 bits per heavy atom. The fraction of sp³-hybridized carbons (Fsp3) is 0.435. The molecule has 1 atom stereocenters. The molecule has 0 saturated heterocycles. The predicted octanol–water partition coefficient (Wildman–Crippen LogP) is 4.30. The number of hydrogen-bond donors (Lipinski definition) is 3. The minimum Gasteiger partial charge on any atom is -0.481 e. The number of thiophene rings is 1. The highest BCUT2D eigenvalue weighted by Gasteiger charge is 2.29. The van der Waals surface area contributed by atoms with Gasteiger partial charge in [0.05, 0.1) is 12.0 Å². The molecule has 7 heteroatoms. The summed E-state index contributed by atoms with van der Waals surface area (Å²) in [6.45, 7) is 4.60. The third-order valence-electron chi connectivity index (χ3n) is 5.56. The Kier molecular flexibility index (Phi) is 7.26. The summed E-state index contributed by atoms with van der Waals surface area (Å²) in [5, 5.41) is 15.1. The fourth-order valence-corrected chi connectivity index (χ4v) is 5.09. The van der Waals surface area contributed by atoms with Gasteiger partial charge in [-0.25, -0.2) is 0 Å². The molecule has 0 fully saturated rings.